The zero-order valence-corrected chi connectivity index (χ0v) is 9.05. The summed E-state index contributed by atoms with van der Waals surface area (Å²) in [5.74, 6) is -1.04. The summed E-state index contributed by atoms with van der Waals surface area (Å²) in [6, 6.07) is 4.04. The maximum absolute atomic E-state index is 11.7. The van der Waals surface area contributed by atoms with Crippen LogP contribution in [0, 0.1) is 10.1 Å². The molecule has 1 saturated carbocycles. The molecule has 0 bridgehead atoms. The molecule has 0 spiro atoms. The van der Waals surface area contributed by atoms with Crippen molar-refractivity contribution in [3.05, 3.63) is 33.9 Å². The third-order valence-electron chi connectivity index (χ3n) is 2.90. The summed E-state index contributed by atoms with van der Waals surface area (Å²) in [6.07, 6.45) is 2.91. The van der Waals surface area contributed by atoms with Gasteiger partial charge in [-0.05, 0) is 25.3 Å². The van der Waals surface area contributed by atoms with E-state index in [0.717, 1.165) is 25.3 Å². The van der Waals surface area contributed by atoms with Crippen LogP contribution in [-0.2, 0) is 0 Å². The molecule has 1 aromatic rings. The Morgan fingerprint density at radius 2 is 2.18 bits per heavy atom. The van der Waals surface area contributed by atoms with Gasteiger partial charge in [-0.15, -0.1) is 0 Å². The molecule has 1 aliphatic rings. The van der Waals surface area contributed by atoms with Gasteiger partial charge in [0.05, 0.1) is 10.5 Å². The van der Waals surface area contributed by atoms with Crippen molar-refractivity contribution in [1.82, 2.24) is 5.32 Å². The number of hydrogen-bond donors (Lipinski definition) is 2. The second-order valence-electron chi connectivity index (χ2n) is 4.03. The first kappa shape index (κ1) is 11.4. The summed E-state index contributed by atoms with van der Waals surface area (Å²) in [5.41, 5.74) is -0.502. The maximum Gasteiger partial charge on any atom is 0.311 e. The van der Waals surface area contributed by atoms with Crippen LogP contribution < -0.4 is 5.32 Å². The number of carbonyl (C=O) groups is 1. The van der Waals surface area contributed by atoms with Gasteiger partial charge in [-0.25, -0.2) is 0 Å². The first-order valence-corrected chi connectivity index (χ1v) is 5.37. The number of para-hydroxylation sites is 1. The number of hydrogen-bond acceptors (Lipinski definition) is 4. The molecule has 0 heterocycles. The molecule has 90 valence electrons. The number of amides is 1. The van der Waals surface area contributed by atoms with E-state index in [9.17, 15) is 20.0 Å². The summed E-state index contributed by atoms with van der Waals surface area (Å²) in [5, 5.41) is 22.9. The lowest BCUT2D eigenvalue weighted by atomic mass is 9.93. The van der Waals surface area contributed by atoms with Gasteiger partial charge in [0.2, 0.25) is 5.75 Å². The topological polar surface area (TPSA) is 92.5 Å². The van der Waals surface area contributed by atoms with Crippen LogP contribution in [0.2, 0.25) is 0 Å². The van der Waals surface area contributed by atoms with Crippen LogP contribution >= 0.6 is 0 Å². The number of phenolic OH excluding ortho intramolecular Hbond substituents is 1. The van der Waals surface area contributed by atoms with Crippen LogP contribution in [0.5, 0.6) is 5.75 Å². The largest absolute Gasteiger partial charge is 0.502 e. The lowest BCUT2D eigenvalue weighted by Gasteiger charge is -2.26. The van der Waals surface area contributed by atoms with Crippen molar-refractivity contribution in [2.75, 3.05) is 0 Å². The average Bonchev–Trinajstić information content (AvgIpc) is 2.23. The van der Waals surface area contributed by atoms with E-state index in [1.165, 1.54) is 12.1 Å². The van der Waals surface area contributed by atoms with Crippen LogP contribution in [0.3, 0.4) is 0 Å². The Labute approximate surface area is 97.4 Å². The monoisotopic (exact) mass is 236 g/mol. The molecule has 0 unspecified atom stereocenters. The van der Waals surface area contributed by atoms with E-state index in [4.69, 9.17) is 0 Å². The zero-order valence-electron chi connectivity index (χ0n) is 9.05. The summed E-state index contributed by atoms with van der Waals surface area (Å²) in [7, 11) is 0. The number of benzene rings is 1. The first-order valence-electron chi connectivity index (χ1n) is 5.37. The van der Waals surface area contributed by atoms with Gasteiger partial charge >= 0.3 is 5.69 Å². The highest BCUT2D eigenvalue weighted by molar-refractivity contribution is 5.98. The number of phenols is 1. The van der Waals surface area contributed by atoms with E-state index < -0.39 is 22.3 Å². The van der Waals surface area contributed by atoms with Gasteiger partial charge in [-0.3, -0.25) is 14.9 Å². The highest BCUT2D eigenvalue weighted by atomic mass is 16.6. The lowest BCUT2D eigenvalue weighted by molar-refractivity contribution is -0.385. The summed E-state index contributed by atoms with van der Waals surface area (Å²) < 4.78 is 0. The van der Waals surface area contributed by atoms with Crippen molar-refractivity contribution in [1.29, 1.82) is 0 Å². The molecular formula is C11H12N2O4. The normalized spacial score (nSPS) is 15.1. The van der Waals surface area contributed by atoms with E-state index in [1.807, 2.05) is 0 Å². The minimum Gasteiger partial charge on any atom is -0.502 e. The summed E-state index contributed by atoms with van der Waals surface area (Å²) in [4.78, 5) is 21.6. The molecule has 1 amide bonds. The van der Waals surface area contributed by atoms with E-state index in [1.54, 1.807) is 0 Å². The molecule has 1 aromatic carbocycles. The number of nitrogens with one attached hydrogen (secondary N) is 1. The third-order valence-corrected chi connectivity index (χ3v) is 2.90. The smallest absolute Gasteiger partial charge is 0.311 e. The quantitative estimate of drug-likeness (QED) is 0.615. The Bertz CT molecular complexity index is 469. The van der Waals surface area contributed by atoms with E-state index in [0.29, 0.717) is 0 Å². The molecule has 0 saturated heterocycles. The second-order valence-corrected chi connectivity index (χ2v) is 4.03. The van der Waals surface area contributed by atoms with Crippen LogP contribution in [0.4, 0.5) is 5.69 Å². The van der Waals surface area contributed by atoms with Crippen LogP contribution in [0.1, 0.15) is 29.6 Å². The molecule has 6 heteroatoms. The number of carbonyl (C=O) groups excluding carboxylic acids is 1. The Balaban J connectivity index is 2.22. The molecule has 1 fully saturated rings. The molecule has 17 heavy (non-hydrogen) atoms. The Morgan fingerprint density at radius 1 is 1.47 bits per heavy atom. The Morgan fingerprint density at radius 3 is 2.71 bits per heavy atom. The Hall–Kier alpha value is -2.11. The van der Waals surface area contributed by atoms with Gasteiger partial charge < -0.3 is 10.4 Å². The standard InChI is InChI=1S/C11H12N2O4/c14-10-8(5-2-6-9(10)13(16)17)11(15)12-7-3-1-4-7/h2,5-7,14H,1,3-4H2,(H,12,15). The summed E-state index contributed by atoms with van der Waals surface area (Å²) in [6.45, 7) is 0. The minimum atomic E-state index is -0.713. The molecule has 6 nitrogen and oxygen atoms in total. The number of rotatable bonds is 3. The number of nitro benzene ring substituents is 1. The maximum atomic E-state index is 11.7. The second kappa shape index (κ2) is 4.40. The molecule has 0 atom stereocenters. The SMILES string of the molecule is O=C(NC1CCC1)c1cccc([N+](=O)[O-])c1O. The van der Waals surface area contributed by atoms with Gasteiger partial charge in [-0.1, -0.05) is 6.07 Å². The van der Waals surface area contributed by atoms with Gasteiger partial charge in [0, 0.05) is 12.1 Å². The molecule has 2 N–H and O–H groups in total. The third kappa shape index (κ3) is 2.20. The highest BCUT2D eigenvalue weighted by Gasteiger charge is 2.24. The van der Waals surface area contributed by atoms with Gasteiger partial charge in [0.25, 0.3) is 5.91 Å². The summed E-state index contributed by atoms with van der Waals surface area (Å²) >= 11 is 0. The predicted octanol–water partition coefficient (Wildman–Crippen LogP) is 1.58. The molecular weight excluding hydrogens is 224 g/mol. The van der Waals surface area contributed by atoms with Crippen molar-refractivity contribution < 1.29 is 14.8 Å². The molecule has 0 aromatic heterocycles. The fourth-order valence-corrected chi connectivity index (χ4v) is 1.68. The van der Waals surface area contributed by atoms with E-state index in [-0.39, 0.29) is 11.6 Å². The fourth-order valence-electron chi connectivity index (χ4n) is 1.68. The van der Waals surface area contributed by atoms with Gasteiger partial charge in [-0.2, -0.15) is 0 Å². The Kier molecular flexibility index (Phi) is 2.95. The van der Waals surface area contributed by atoms with Crippen LogP contribution in [0.25, 0.3) is 0 Å². The average molecular weight is 236 g/mol. The number of aromatic hydroxyl groups is 1. The number of nitro groups is 1. The molecule has 1 aliphatic carbocycles. The van der Waals surface area contributed by atoms with Crippen LogP contribution in [-0.4, -0.2) is 22.0 Å². The van der Waals surface area contributed by atoms with Crippen molar-refractivity contribution in [2.45, 2.75) is 25.3 Å². The lowest BCUT2D eigenvalue weighted by Crippen LogP contribution is -2.39. The van der Waals surface area contributed by atoms with Crippen molar-refractivity contribution in [3.8, 4) is 5.75 Å². The molecule has 0 radical (unpaired) electrons. The van der Waals surface area contributed by atoms with Crippen LogP contribution in [0.15, 0.2) is 18.2 Å². The van der Waals surface area contributed by atoms with Crippen molar-refractivity contribution >= 4 is 11.6 Å². The minimum absolute atomic E-state index is 0.0499. The van der Waals surface area contributed by atoms with Crippen molar-refractivity contribution in [3.63, 3.8) is 0 Å². The van der Waals surface area contributed by atoms with Gasteiger partial charge in [0.15, 0.2) is 0 Å². The van der Waals surface area contributed by atoms with E-state index in [2.05, 4.69) is 5.32 Å². The molecule has 0 aliphatic heterocycles. The number of nitrogens with zero attached hydrogens (tertiary/aromatic N) is 1. The first-order chi connectivity index (χ1) is 8.09. The fraction of sp³-hybridized carbons (Fsp3) is 0.364. The highest BCUT2D eigenvalue weighted by Crippen LogP contribution is 2.29. The zero-order chi connectivity index (χ0) is 12.4. The predicted molar refractivity (Wildman–Crippen MR) is 59.9 cm³/mol. The molecule has 2 rings (SSSR count). The van der Waals surface area contributed by atoms with Gasteiger partial charge in [0.1, 0.15) is 0 Å². The van der Waals surface area contributed by atoms with E-state index >= 15 is 0 Å². The van der Waals surface area contributed by atoms with Crippen molar-refractivity contribution in [2.24, 2.45) is 0 Å².